The van der Waals surface area contributed by atoms with Crippen LogP contribution in [0.5, 0.6) is 0 Å². The summed E-state index contributed by atoms with van der Waals surface area (Å²) >= 11 is 0. The fourth-order valence-corrected chi connectivity index (χ4v) is 1.95. The minimum absolute atomic E-state index is 0.0713. The largest absolute Gasteiger partial charge is 0.480 e. The van der Waals surface area contributed by atoms with Gasteiger partial charge in [0.15, 0.2) is 0 Å². The van der Waals surface area contributed by atoms with Crippen molar-refractivity contribution in [3.05, 3.63) is 41.6 Å². The maximum Gasteiger partial charge on any atom is 0.325 e. The molecule has 2 aromatic rings. The number of aromatic nitrogens is 1. The van der Waals surface area contributed by atoms with E-state index in [1.165, 1.54) is 6.92 Å². The zero-order valence-corrected chi connectivity index (χ0v) is 11.4. The number of carboxylic acids is 1. The number of nitrogens with one attached hydrogen (secondary N) is 1. The molecule has 1 amide bonds. The van der Waals surface area contributed by atoms with Crippen molar-refractivity contribution in [3.8, 4) is 0 Å². The molecule has 0 aliphatic rings. The SMILES string of the molecule is Cc1cccc2ccc(CC(=O)NC(C)C(=O)O)nc12. The molecule has 2 N–H and O–H groups in total. The first-order valence-electron chi connectivity index (χ1n) is 6.35. The maximum atomic E-state index is 11.7. The van der Waals surface area contributed by atoms with E-state index in [0.29, 0.717) is 5.69 Å². The molecule has 0 aliphatic heterocycles. The number of carboxylic acid groups (broad SMARTS) is 1. The summed E-state index contributed by atoms with van der Waals surface area (Å²) in [4.78, 5) is 26.9. The summed E-state index contributed by atoms with van der Waals surface area (Å²) in [6, 6.07) is 8.69. The highest BCUT2D eigenvalue weighted by Crippen LogP contribution is 2.16. The third-order valence-corrected chi connectivity index (χ3v) is 3.07. The van der Waals surface area contributed by atoms with Gasteiger partial charge in [0.05, 0.1) is 17.6 Å². The molecule has 1 unspecified atom stereocenters. The van der Waals surface area contributed by atoms with E-state index in [4.69, 9.17) is 5.11 Å². The molecule has 104 valence electrons. The molecule has 0 saturated heterocycles. The lowest BCUT2D eigenvalue weighted by Crippen LogP contribution is -2.39. The fraction of sp³-hybridized carbons (Fsp3) is 0.267. The zero-order chi connectivity index (χ0) is 14.7. The molecule has 0 aliphatic carbocycles. The van der Waals surface area contributed by atoms with Crippen molar-refractivity contribution in [2.45, 2.75) is 26.3 Å². The van der Waals surface area contributed by atoms with Crippen molar-refractivity contribution >= 4 is 22.8 Å². The summed E-state index contributed by atoms with van der Waals surface area (Å²) in [5.41, 5.74) is 2.54. The van der Waals surface area contributed by atoms with Crippen LogP contribution in [-0.4, -0.2) is 28.0 Å². The molecule has 1 aromatic heterocycles. The van der Waals surface area contributed by atoms with Crippen LogP contribution in [0, 0.1) is 6.92 Å². The van der Waals surface area contributed by atoms with E-state index < -0.39 is 12.0 Å². The van der Waals surface area contributed by atoms with E-state index >= 15 is 0 Å². The second-order valence-corrected chi connectivity index (χ2v) is 4.75. The van der Waals surface area contributed by atoms with Gasteiger partial charge in [-0.1, -0.05) is 24.3 Å². The average Bonchev–Trinajstić information content (AvgIpc) is 2.39. The molecule has 0 radical (unpaired) electrons. The quantitative estimate of drug-likeness (QED) is 0.887. The first-order chi connectivity index (χ1) is 9.47. The standard InChI is InChI=1S/C15H16N2O3/c1-9-4-3-5-11-6-7-12(17-14(9)11)8-13(18)16-10(2)15(19)20/h3-7,10H,8H2,1-2H3,(H,16,18)(H,19,20). The first-order valence-corrected chi connectivity index (χ1v) is 6.35. The first kappa shape index (κ1) is 14.0. The molecule has 2 rings (SSSR count). The maximum absolute atomic E-state index is 11.7. The molecular formula is C15H16N2O3. The Labute approximate surface area is 116 Å². The van der Waals surface area contributed by atoms with Crippen LogP contribution in [-0.2, 0) is 16.0 Å². The van der Waals surface area contributed by atoms with Crippen LogP contribution in [0.25, 0.3) is 10.9 Å². The minimum Gasteiger partial charge on any atom is -0.480 e. The van der Waals surface area contributed by atoms with Gasteiger partial charge in [0.25, 0.3) is 0 Å². The number of carbonyl (C=O) groups excluding carboxylic acids is 1. The number of hydrogen-bond acceptors (Lipinski definition) is 3. The van der Waals surface area contributed by atoms with Crippen LogP contribution < -0.4 is 5.32 Å². The smallest absolute Gasteiger partial charge is 0.325 e. The van der Waals surface area contributed by atoms with Crippen LogP contribution >= 0.6 is 0 Å². The van der Waals surface area contributed by atoms with Crippen molar-refractivity contribution < 1.29 is 14.7 Å². The molecular weight excluding hydrogens is 256 g/mol. The van der Waals surface area contributed by atoms with Gasteiger partial charge in [0.2, 0.25) is 5.91 Å². The molecule has 0 spiro atoms. The number of hydrogen-bond donors (Lipinski definition) is 2. The highest BCUT2D eigenvalue weighted by Gasteiger charge is 2.14. The van der Waals surface area contributed by atoms with Crippen molar-refractivity contribution in [2.24, 2.45) is 0 Å². The van der Waals surface area contributed by atoms with Gasteiger partial charge in [-0.15, -0.1) is 0 Å². The van der Waals surface area contributed by atoms with Crippen molar-refractivity contribution in [3.63, 3.8) is 0 Å². The van der Waals surface area contributed by atoms with Gasteiger partial charge in [-0.25, -0.2) is 0 Å². The van der Waals surface area contributed by atoms with Gasteiger partial charge in [-0.3, -0.25) is 14.6 Å². The molecule has 20 heavy (non-hydrogen) atoms. The van der Waals surface area contributed by atoms with Crippen LogP contribution in [0.15, 0.2) is 30.3 Å². The van der Waals surface area contributed by atoms with Gasteiger partial charge < -0.3 is 10.4 Å². The van der Waals surface area contributed by atoms with E-state index in [1.54, 1.807) is 6.07 Å². The van der Waals surface area contributed by atoms with Crippen LogP contribution in [0.3, 0.4) is 0 Å². The number of rotatable bonds is 4. The van der Waals surface area contributed by atoms with Crippen LogP contribution in [0.4, 0.5) is 0 Å². The highest BCUT2D eigenvalue weighted by atomic mass is 16.4. The number of fused-ring (bicyclic) bond motifs is 1. The Kier molecular flexibility index (Phi) is 3.98. The van der Waals surface area contributed by atoms with E-state index in [2.05, 4.69) is 10.3 Å². The third kappa shape index (κ3) is 3.12. The number of amides is 1. The van der Waals surface area contributed by atoms with Crippen molar-refractivity contribution in [1.82, 2.24) is 10.3 Å². The summed E-state index contributed by atoms with van der Waals surface area (Å²) < 4.78 is 0. The summed E-state index contributed by atoms with van der Waals surface area (Å²) in [7, 11) is 0. The fourth-order valence-electron chi connectivity index (χ4n) is 1.95. The van der Waals surface area contributed by atoms with E-state index in [0.717, 1.165) is 16.5 Å². The van der Waals surface area contributed by atoms with Crippen LogP contribution in [0.1, 0.15) is 18.2 Å². The Morgan fingerprint density at radius 2 is 2.05 bits per heavy atom. The number of carbonyl (C=O) groups is 2. The van der Waals surface area contributed by atoms with Gasteiger partial charge in [0.1, 0.15) is 6.04 Å². The molecule has 0 bridgehead atoms. The Morgan fingerprint density at radius 1 is 1.30 bits per heavy atom. The predicted molar refractivity (Wildman–Crippen MR) is 75.4 cm³/mol. The number of nitrogens with zero attached hydrogens (tertiary/aromatic N) is 1. The number of aryl methyl sites for hydroxylation is 1. The summed E-state index contributed by atoms with van der Waals surface area (Å²) in [6.45, 7) is 3.39. The molecule has 1 heterocycles. The number of aliphatic carboxylic acids is 1. The highest BCUT2D eigenvalue weighted by molar-refractivity contribution is 5.86. The van der Waals surface area contributed by atoms with E-state index in [9.17, 15) is 9.59 Å². The van der Waals surface area contributed by atoms with E-state index in [-0.39, 0.29) is 12.3 Å². The molecule has 5 nitrogen and oxygen atoms in total. The lowest BCUT2D eigenvalue weighted by Gasteiger charge is -2.09. The minimum atomic E-state index is -1.05. The number of benzene rings is 1. The predicted octanol–water partition coefficient (Wildman–Crippen LogP) is 1.68. The van der Waals surface area contributed by atoms with Gasteiger partial charge in [-0.05, 0) is 25.5 Å². The van der Waals surface area contributed by atoms with E-state index in [1.807, 2.05) is 31.2 Å². The molecule has 1 atom stereocenters. The molecule has 0 fully saturated rings. The Morgan fingerprint density at radius 3 is 2.75 bits per heavy atom. The average molecular weight is 272 g/mol. The summed E-state index contributed by atoms with van der Waals surface area (Å²) in [5.74, 6) is -1.40. The van der Waals surface area contributed by atoms with Gasteiger partial charge >= 0.3 is 5.97 Å². The molecule has 5 heteroatoms. The van der Waals surface area contributed by atoms with Gasteiger partial charge in [0, 0.05) is 5.39 Å². The lowest BCUT2D eigenvalue weighted by molar-refractivity contribution is -0.141. The Balaban J connectivity index is 2.16. The zero-order valence-electron chi connectivity index (χ0n) is 11.4. The summed E-state index contributed by atoms with van der Waals surface area (Å²) in [5, 5.41) is 12.2. The number of para-hydroxylation sites is 1. The molecule has 0 saturated carbocycles. The van der Waals surface area contributed by atoms with Crippen molar-refractivity contribution in [2.75, 3.05) is 0 Å². The normalized spacial score (nSPS) is 12.1. The lowest BCUT2D eigenvalue weighted by atomic mass is 10.1. The Hall–Kier alpha value is -2.43. The Bertz CT molecular complexity index is 667. The monoisotopic (exact) mass is 272 g/mol. The second kappa shape index (κ2) is 5.69. The van der Waals surface area contributed by atoms with Crippen molar-refractivity contribution in [1.29, 1.82) is 0 Å². The summed E-state index contributed by atoms with van der Waals surface area (Å²) in [6.07, 6.45) is 0.0713. The third-order valence-electron chi connectivity index (χ3n) is 3.07. The van der Waals surface area contributed by atoms with Gasteiger partial charge in [-0.2, -0.15) is 0 Å². The molecule has 1 aromatic carbocycles. The van der Waals surface area contributed by atoms with Crippen LogP contribution in [0.2, 0.25) is 0 Å². The second-order valence-electron chi connectivity index (χ2n) is 4.75. The topological polar surface area (TPSA) is 79.3 Å². The number of pyridine rings is 1.